The van der Waals surface area contributed by atoms with Crippen LogP contribution in [0.3, 0.4) is 0 Å². The van der Waals surface area contributed by atoms with E-state index in [2.05, 4.69) is 20.0 Å². The Bertz CT molecular complexity index is 1350. The van der Waals surface area contributed by atoms with E-state index >= 15 is 0 Å². The highest BCUT2D eigenvalue weighted by Crippen LogP contribution is 2.58. The molecule has 1 saturated heterocycles. The first-order valence-electron chi connectivity index (χ1n) is 11.7. The Morgan fingerprint density at radius 3 is 2.57 bits per heavy atom. The minimum absolute atomic E-state index is 0.00932. The number of primary amides is 1. The first kappa shape index (κ1) is 25.9. The predicted octanol–water partition coefficient (Wildman–Crippen LogP) is 2.65. The first-order valence-corrected chi connectivity index (χ1v) is 14.1. The molecule has 2 aliphatic carbocycles. The van der Waals surface area contributed by atoms with Crippen molar-refractivity contribution >= 4 is 38.4 Å². The second kappa shape index (κ2) is 8.91. The van der Waals surface area contributed by atoms with Gasteiger partial charge in [0.25, 0.3) is 0 Å². The number of carbonyl (C=O) groups is 2. The van der Waals surface area contributed by atoms with Crippen LogP contribution >= 0.6 is 11.3 Å². The van der Waals surface area contributed by atoms with Crippen LogP contribution in [0.25, 0.3) is 10.4 Å². The van der Waals surface area contributed by atoms with E-state index < -0.39 is 50.9 Å². The standard InChI is InChI=1S/C22H25F3N6O4S2/c1-11-17(12-4-7-27-16(8-12)21(5-6-21)22(23,24)25)36-19(28-11)29-20(33)31-10-13(9-15(31)18(26)32)30-37(34,35)14-2-3-14/h4,7-8,13-15,30H,2-3,5-6,9-10H2,1H3,(H2,26,32)(H,28,29,33)/t13-,15+/m1/s1. The fraction of sp³-hybridized carbons (Fsp3) is 0.545. The summed E-state index contributed by atoms with van der Waals surface area (Å²) in [5.74, 6) is -0.762. The normalized spacial score (nSPS) is 23.2. The zero-order chi connectivity index (χ0) is 26.8. The summed E-state index contributed by atoms with van der Waals surface area (Å²) in [5.41, 5.74) is 4.50. The van der Waals surface area contributed by atoms with Crippen molar-refractivity contribution < 1.29 is 31.2 Å². The Labute approximate surface area is 214 Å². The van der Waals surface area contributed by atoms with Crippen LogP contribution < -0.4 is 15.8 Å². The number of hydrogen-bond donors (Lipinski definition) is 3. The molecule has 2 aromatic rings. The molecule has 0 radical (unpaired) electrons. The van der Waals surface area contributed by atoms with Crippen LogP contribution in [0.15, 0.2) is 18.3 Å². The van der Waals surface area contributed by atoms with Crippen molar-refractivity contribution in [1.29, 1.82) is 0 Å². The van der Waals surface area contributed by atoms with Crippen molar-refractivity contribution in [3.8, 4) is 10.4 Å². The second-order valence-corrected chi connectivity index (χ2v) is 12.7. The average molecular weight is 559 g/mol. The van der Waals surface area contributed by atoms with Gasteiger partial charge in [0.05, 0.1) is 21.5 Å². The number of sulfonamides is 1. The van der Waals surface area contributed by atoms with Gasteiger partial charge in [0, 0.05) is 18.8 Å². The number of carbonyl (C=O) groups excluding carboxylic acids is 2. The molecule has 3 amide bonds. The summed E-state index contributed by atoms with van der Waals surface area (Å²) >= 11 is 1.07. The maximum Gasteiger partial charge on any atom is 0.399 e. The van der Waals surface area contributed by atoms with Crippen molar-refractivity contribution in [2.24, 2.45) is 5.73 Å². The Hall–Kier alpha value is -2.78. The van der Waals surface area contributed by atoms with E-state index in [0.717, 1.165) is 11.3 Å². The first-order chi connectivity index (χ1) is 17.3. The molecule has 5 rings (SSSR count). The maximum atomic E-state index is 13.6. The maximum absolute atomic E-state index is 13.6. The molecule has 3 fully saturated rings. The molecule has 0 spiro atoms. The number of halogens is 3. The summed E-state index contributed by atoms with van der Waals surface area (Å²) in [5, 5.41) is 2.35. The fourth-order valence-electron chi connectivity index (χ4n) is 4.65. The number of thiazole rings is 1. The second-order valence-electron chi connectivity index (χ2n) is 9.74. The average Bonchev–Trinajstić information content (AvgIpc) is 3.72. The van der Waals surface area contributed by atoms with Crippen LogP contribution in [0.2, 0.25) is 0 Å². The van der Waals surface area contributed by atoms with Crippen LogP contribution in [0.1, 0.15) is 43.5 Å². The molecular weight excluding hydrogens is 533 g/mol. The van der Waals surface area contributed by atoms with E-state index in [1.807, 2.05) is 0 Å². The molecular formula is C22H25F3N6O4S2. The highest BCUT2D eigenvalue weighted by Gasteiger charge is 2.65. The van der Waals surface area contributed by atoms with Gasteiger partial charge in [-0.25, -0.2) is 22.9 Å². The molecule has 0 bridgehead atoms. The number of aryl methyl sites for hydroxylation is 1. The summed E-state index contributed by atoms with van der Waals surface area (Å²) in [4.78, 5) is 35.0. The van der Waals surface area contributed by atoms with Crippen LogP contribution in [0.4, 0.5) is 23.1 Å². The lowest BCUT2D eigenvalue weighted by Gasteiger charge is -2.21. The number of nitrogens with two attached hydrogens (primary N) is 1. The van der Waals surface area contributed by atoms with E-state index in [1.165, 1.54) is 17.2 Å². The number of rotatable bonds is 7. The number of amides is 3. The number of anilines is 1. The molecule has 2 saturated carbocycles. The summed E-state index contributed by atoms with van der Waals surface area (Å²) in [6, 6.07) is 0.657. The topological polar surface area (TPSA) is 147 Å². The quantitative estimate of drug-likeness (QED) is 0.476. The zero-order valence-corrected chi connectivity index (χ0v) is 21.3. The SMILES string of the molecule is Cc1nc(NC(=O)N2C[C@H](NS(=O)(=O)C3CC3)C[C@H]2C(N)=O)sc1-c1ccnc(C2(C(F)(F)F)CC2)c1. The minimum atomic E-state index is -4.39. The molecule has 2 atom stereocenters. The molecule has 200 valence electrons. The van der Waals surface area contributed by atoms with Gasteiger partial charge in [0.1, 0.15) is 11.5 Å². The highest BCUT2D eigenvalue weighted by atomic mass is 32.2. The number of likely N-dealkylation sites (tertiary alicyclic amines) is 1. The summed E-state index contributed by atoms with van der Waals surface area (Å²) < 4.78 is 67.8. The molecule has 2 aromatic heterocycles. The minimum Gasteiger partial charge on any atom is -0.368 e. The third-order valence-electron chi connectivity index (χ3n) is 7.00. The molecule has 3 heterocycles. The van der Waals surface area contributed by atoms with Crippen LogP contribution in [-0.4, -0.2) is 65.3 Å². The van der Waals surface area contributed by atoms with E-state index in [0.29, 0.717) is 29.0 Å². The molecule has 37 heavy (non-hydrogen) atoms. The Morgan fingerprint density at radius 2 is 1.97 bits per heavy atom. The number of urea groups is 1. The van der Waals surface area contributed by atoms with E-state index in [4.69, 9.17) is 5.73 Å². The van der Waals surface area contributed by atoms with Gasteiger partial charge in [0.2, 0.25) is 15.9 Å². The van der Waals surface area contributed by atoms with Crippen molar-refractivity contribution in [1.82, 2.24) is 19.6 Å². The molecule has 0 unspecified atom stereocenters. The third-order valence-corrected chi connectivity index (χ3v) is 10.1. The van der Waals surface area contributed by atoms with Gasteiger partial charge >= 0.3 is 12.2 Å². The van der Waals surface area contributed by atoms with Gasteiger partial charge in [-0.05, 0) is 56.7 Å². The van der Waals surface area contributed by atoms with Crippen LogP contribution in [0.5, 0.6) is 0 Å². The van der Waals surface area contributed by atoms with Crippen LogP contribution in [-0.2, 0) is 20.2 Å². The van der Waals surface area contributed by atoms with Gasteiger partial charge in [-0.15, -0.1) is 0 Å². The lowest BCUT2D eigenvalue weighted by Crippen LogP contribution is -2.46. The summed E-state index contributed by atoms with van der Waals surface area (Å²) in [6.45, 7) is 1.62. The van der Waals surface area contributed by atoms with Crippen molar-refractivity contribution in [2.45, 2.75) is 68.0 Å². The predicted molar refractivity (Wildman–Crippen MR) is 129 cm³/mol. The van der Waals surface area contributed by atoms with E-state index in [9.17, 15) is 31.2 Å². The summed E-state index contributed by atoms with van der Waals surface area (Å²) in [7, 11) is -3.53. The van der Waals surface area contributed by atoms with Crippen molar-refractivity contribution in [3.63, 3.8) is 0 Å². The Kier molecular flexibility index (Phi) is 6.22. The molecule has 4 N–H and O–H groups in total. The number of aromatic nitrogens is 2. The molecule has 3 aliphatic rings. The molecule has 15 heteroatoms. The lowest BCUT2D eigenvalue weighted by atomic mass is 9.99. The van der Waals surface area contributed by atoms with E-state index in [-0.39, 0.29) is 36.6 Å². The van der Waals surface area contributed by atoms with Gasteiger partial charge in [-0.1, -0.05) is 11.3 Å². The monoisotopic (exact) mass is 558 g/mol. The summed E-state index contributed by atoms with van der Waals surface area (Å²) in [6.07, 6.45) is -1.87. The Morgan fingerprint density at radius 1 is 1.27 bits per heavy atom. The third kappa shape index (κ3) is 4.91. The fourth-order valence-corrected chi connectivity index (χ4v) is 7.18. The number of pyridine rings is 1. The van der Waals surface area contributed by atoms with Gasteiger partial charge in [-0.3, -0.25) is 15.1 Å². The number of hydrogen-bond acceptors (Lipinski definition) is 7. The smallest absolute Gasteiger partial charge is 0.368 e. The van der Waals surface area contributed by atoms with Gasteiger partial charge in [-0.2, -0.15) is 13.2 Å². The number of nitrogens with zero attached hydrogens (tertiary/aromatic N) is 3. The molecule has 0 aromatic carbocycles. The van der Waals surface area contributed by atoms with Gasteiger partial charge in [0.15, 0.2) is 5.13 Å². The Balaban J connectivity index is 1.32. The lowest BCUT2D eigenvalue weighted by molar-refractivity contribution is -0.161. The zero-order valence-electron chi connectivity index (χ0n) is 19.7. The molecule has 10 nitrogen and oxygen atoms in total. The van der Waals surface area contributed by atoms with Crippen LogP contribution in [0, 0.1) is 6.92 Å². The number of alkyl halides is 3. The molecule has 1 aliphatic heterocycles. The highest BCUT2D eigenvalue weighted by molar-refractivity contribution is 7.90. The van der Waals surface area contributed by atoms with Crippen molar-refractivity contribution in [3.05, 3.63) is 29.7 Å². The largest absolute Gasteiger partial charge is 0.399 e. The van der Waals surface area contributed by atoms with E-state index in [1.54, 1.807) is 13.0 Å². The van der Waals surface area contributed by atoms with Crippen molar-refractivity contribution in [2.75, 3.05) is 11.9 Å². The van der Waals surface area contributed by atoms with Gasteiger partial charge < -0.3 is 10.6 Å². The number of nitrogens with one attached hydrogen (secondary N) is 2.